The molecule has 2 rings (SSSR count). The summed E-state index contributed by atoms with van der Waals surface area (Å²) in [7, 11) is 0.986. The smallest absolute Gasteiger partial charge is 0.242 e. The molecule has 2 aromatic rings. The first-order chi connectivity index (χ1) is 12.1. The molecule has 0 amide bonds. The molecule has 0 bridgehead atoms. The summed E-state index contributed by atoms with van der Waals surface area (Å²) in [4.78, 5) is 0.176. The zero-order chi connectivity index (χ0) is 19.5. The fraction of sp³-hybridized carbons (Fsp3) is 0.235. The Morgan fingerprint density at radius 3 is 2.50 bits per heavy atom. The highest BCUT2D eigenvalue weighted by atomic mass is 35.5. The predicted molar refractivity (Wildman–Crippen MR) is 110 cm³/mol. The molecule has 2 aromatic carbocycles. The minimum atomic E-state index is -3.52. The average molecular weight is 414 g/mol. The van der Waals surface area contributed by atoms with E-state index in [4.69, 9.17) is 28.6 Å². The second kappa shape index (κ2) is 8.22. The van der Waals surface area contributed by atoms with Crippen LogP contribution in [0.4, 0.5) is 11.4 Å². The number of halogens is 1. The van der Waals surface area contributed by atoms with E-state index in [1.165, 1.54) is 33.3 Å². The Balaban J connectivity index is 2.20. The molecule has 0 radical (unpaired) electrons. The van der Waals surface area contributed by atoms with Crippen LogP contribution in [0.2, 0.25) is 5.02 Å². The van der Waals surface area contributed by atoms with Crippen molar-refractivity contribution in [2.45, 2.75) is 11.8 Å². The number of rotatable bonds is 5. The molecule has 0 aromatic heterocycles. The highest BCUT2D eigenvalue weighted by Gasteiger charge is 2.17. The van der Waals surface area contributed by atoms with E-state index in [-0.39, 0.29) is 4.90 Å². The van der Waals surface area contributed by atoms with Gasteiger partial charge in [-0.3, -0.25) is 0 Å². The van der Waals surface area contributed by atoms with E-state index in [2.05, 4.69) is 10.6 Å². The minimum Gasteiger partial charge on any atom is -0.495 e. The van der Waals surface area contributed by atoms with Crippen LogP contribution in [0.5, 0.6) is 5.75 Å². The average Bonchev–Trinajstić information content (AvgIpc) is 2.57. The van der Waals surface area contributed by atoms with Crippen LogP contribution in [0, 0.1) is 6.92 Å². The molecule has 0 aliphatic carbocycles. The normalized spacial score (nSPS) is 11.3. The first-order valence-corrected chi connectivity index (χ1v) is 9.82. The highest BCUT2D eigenvalue weighted by Crippen LogP contribution is 2.31. The summed E-state index contributed by atoms with van der Waals surface area (Å²) in [5.74, 6) is 0.550. The molecule has 2 N–H and O–H groups in total. The molecule has 0 fully saturated rings. The van der Waals surface area contributed by atoms with Gasteiger partial charge in [-0.1, -0.05) is 17.7 Å². The first-order valence-electron chi connectivity index (χ1n) is 7.60. The van der Waals surface area contributed by atoms with E-state index >= 15 is 0 Å². The third-order valence-electron chi connectivity index (χ3n) is 3.60. The molecule has 26 heavy (non-hydrogen) atoms. The van der Waals surface area contributed by atoms with Gasteiger partial charge in [-0.25, -0.2) is 12.7 Å². The molecular weight excluding hydrogens is 394 g/mol. The van der Waals surface area contributed by atoms with Gasteiger partial charge in [0.2, 0.25) is 10.0 Å². The van der Waals surface area contributed by atoms with Gasteiger partial charge >= 0.3 is 0 Å². The Kier molecular flexibility index (Phi) is 6.46. The number of ether oxygens (including phenoxy) is 1. The molecule has 0 atom stereocenters. The predicted octanol–water partition coefficient (Wildman–Crippen LogP) is 3.72. The van der Waals surface area contributed by atoms with Gasteiger partial charge in [-0.05, 0) is 49.0 Å². The molecule has 0 unspecified atom stereocenters. The van der Waals surface area contributed by atoms with Crippen LogP contribution < -0.4 is 15.4 Å². The number of anilines is 2. The van der Waals surface area contributed by atoms with Crippen molar-refractivity contribution in [3.05, 3.63) is 47.0 Å². The van der Waals surface area contributed by atoms with E-state index in [0.29, 0.717) is 27.3 Å². The van der Waals surface area contributed by atoms with Crippen LogP contribution in [0.1, 0.15) is 5.56 Å². The monoisotopic (exact) mass is 413 g/mol. The first kappa shape index (κ1) is 20.4. The number of benzene rings is 2. The molecule has 140 valence electrons. The van der Waals surface area contributed by atoms with E-state index in [9.17, 15) is 8.42 Å². The second-order valence-corrected chi connectivity index (χ2v) is 8.66. The molecule has 0 heterocycles. The Morgan fingerprint density at radius 2 is 1.88 bits per heavy atom. The zero-order valence-corrected chi connectivity index (χ0v) is 17.2. The van der Waals surface area contributed by atoms with Gasteiger partial charge in [0, 0.05) is 30.9 Å². The standard InChI is InChI=1S/C17H20ClN3O3S2/c1-11-8-15(16(24-4)10-14(11)18)20-17(25)19-12-6-5-7-13(9-12)26(22,23)21(2)3/h5-10H,1-4H3,(H2,19,20,25). The fourth-order valence-corrected chi connectivity index (χ4v) is 3.49. The minimum absolute atomic E-state index is 0.176. The summed E-state index contributed by atoms with van der Waals surface area (Å²) < 4.78 is 30.9. The number of nitrogens with one attached hydrogen (secondary N) is 2. The van der Waals surface area contributed by atoms with Gasteiger partial charge < -0.3 is 15.4 Å². The van der Waals surface area contributed by atoms with E-state index in [1.54, 1.807) is 18.2 Å². The SMILES string of the molecule is COc1cc(Cl)c(C)cc1NC(=S)Nc1cccc(S(=O)(=O)N(C)C)c1. The van der Waals surface area contributed by atoms with Crippen molar-refractivity contribution in [3.8, 4) is 5.75 Å². The van der Waals surface area contributed by atoms with Crippen LogP contribution in [-0.2, 0) is 10.0 Å². The van der Waals surface area contributed by atoms with Gasteiger partial charge in [-0.2, -0.15) is 0 Å². The van der Waals surface area contributed by atoms with Crippen molar-refractivity contribution in [3.63, 3.8) is 0 Å². The Morgan fingerprint density at radius 1 is 1.19 bits per heavy atom. The van der Waals surface area contributed by atoms with Crippen molar-refractivity contribution in [1.82, 2.24) is 4.31 Å². The maximum absolute atomic E-state index is 12.2. The van der Waals surface area contributed by atoms with Crippen molar-refractivity contribution in [2.75, 3.05) is 31.8 Å². The third-order valence-corrected chi connectivity index (χ3v) is 6.02. The molecule has 9 heteroatoms. The maximum Gasteiger partial charge on any atom is 0.242 e. The van der Waals surface area contributed by atoms with Gasteiger partial charge in [0.25, 0.3) is 0 Å². The number of hydrogen-bond acceptors (Lipinski definition) is 4. The summed E-state index contributed by atoms with van der Waals surface area (Å²) in [5.41, 5.74) is 2.08. The van der Waals surface area contributed by atoms with Crippen molar-refractivity contribution >= 4 is 50.3 Å². The van der Waals surface area contributed by atoms with Gasteiger partial charge in [-0.15, -0.1) is 0 Å². The number of thiocarbonyl (C=S) groups is 1. The molecule has 0 aliphatic rings. The molecule has 0 saturated carbocycles. The second-order valence-electron chi connectivity index (χ2n) is 5.70. The number of sulfonamides is 1. The summed E-state index contributed by atoms with van der Waals surface area (Å²) in [6, 6.07) is 9.95. The van der Waals surface area contributed by atoms with Crippen LogP contribution in [0.15, 0.2) is 41.3 Å². The highest BCUT2D eigenvalue weighted by molar-refractivity contribution is 7.89. The summed E-state index contributed by atoms with van der Waals surface area (Å²) in [5, 5.41) is 6.90. The Bertz CT molecular complexity index is 931. The van der Waals surface area contributed by atoms with E-state index in [1.807, 2.05) is 13.0 Å². The summed E-state index contributed by atoms with van der Waals surface area (Å²) in [6.07, 6.45) is 0. The number of nitrogens with zero attached hydrogens (tertiary/aromatic N) is 1. The lowest BCUT2D eigenvalue weighted by atomic mass is 10.2. The maximum atomic E-state index is 12.2. The number of hydrogen-bond donors (Lipinski definition) is 2. The zero-order valence-electron chi connectivity index (χ0n) is 14.8. The van der Waals surface area contributed by atoms with Gasteiger partial charge in [0.1, 0.15) is 5.75 Å². The van der Waals surface area contributed by atoms with Crippen molar-refractivity contribution in [1.29, 1.82) is 0 Å². The lowest BCUT2D eigenvalue weighted by molar-refractivity contribution is 0.417. The number of methoxy groups -OCH3 is 1. The lowest BCUT2D eigenvalue weighted by Crippen LogP contribution is -2.23. The molecular formula is C17H20ClN3O3S2. The summed E-state index contributed by atoms with van der Waals surface area (Å²) in [6.45, 7) is 1.87. The van der Waals surface area contributed by atoms with Crippen molar-refractivity contribution in [2.24, 2.45) is 0 Å². The number of aryl methyl sites for hydroxylation is 1. The third kappa shape index (κ3) is 4.64. The van der Waals surface area contributed by atoms with E-state index < -0.39 is 10.0 Å². The molecule has 6 nitrogen and oxygen atoms in total. The lowest BCUT2D eigenvalue weighted by Gasteiger charge is -2.16. The fourth-order valence-electron chi connectivity index (χ4n) is 2.16. The molecule has 0 spiro atoms. The van der Waals surface area contributed by atoms with Gasteiger partial charge in [0.05, 0.1) is 17.7 Å². The van der Waals surface area contributed by atoms with Crippen LogP contribution in [-0.4, -0.2) is 39.0 Å². The molecule has 0 aliphatic heterocycles. The van der Waals surface area contributed by atoms with E-state index in [0.717, 1.165) is 9.87 Å². The largest absolute Gasteiger partial charge is 0.495 e. The van der Waals surface area contributed by atoms with Crippen LogP contribution in [0.25, 0.3) is 0 Å². The van der Waals surface area contributed by atoms with Gasteiger partial charge in [0.15, 0.2) is 5.11 Å². The Hall–Kier alpha value is -1.87. The molecule has 0 saturated heterocycles. The van der Waals surface area contributed by atoms with Crippen LogP contribution >= 0.6 is 23.8 Å². The summed E-state index contributed by atoms with van der Waals surface area (Å²) >= 11 is 11.4. The van der Waals surface area contributed by atoms with Crippen LogP contribution in [0.3, 0.4) is 0 Å². The van der Waals surface area contributed by atoms with Crippen molar-refractivity contribution < 1.29 is 13.2 Å². The quantitative estimate of drug-likeness (QED) is 0.728. The Labute approximate surface area is 164 Å². The topological polar surface area (TPSA) is 70.7 Å².